The molecule has 0 saturated heterocycles. The molecule has 0 heterocycles. The topological polar surface area (TPSA) is 18.5 Å². The first-order chi connectivity index (χ1) is 14.2. The molecular formula is C27H36O2. The first-order valence-electron chi connectivity index (χ1n) is 10.9. The monoisotopic (exact) mass is 392 g/mol. The second kappa shape index (κ2) is 13.8. The fraction of sp³-hybridized carbons (Fsp3) is 0.407. The van der Waals surface area contributed by atoms with Crippen LogP contribution in [0.15, 0.2) is 67.3 Å². The highest BCUT2D eigenvalue weighted by Gasteiger charge is 2.01. The molecule has 0 radical (unpaired) electrons. The van der Waals surface area contributed by atoms with Gasteiger partial charge in [-0.25, -0.2) is 0 Å². The molecule has 156 valence electrons. The lowest BCUT2D eigenvalue weighted by Gasteiger charge is -2.12. The van der Waals surface area contributed by atoms with Crippen molar-refractivity contribution in [2.75, 3.05) is 13.2 Å². The lowest BCUT2D eigenvalue weighted by atomic mass is 10.0. The second-order valence-corrected chi connectivity index (χ2v) is 7.47. The Bertz CT molecular complexity index is 713. The standard InChI is InChI=1S/C27H36O2/c1-4-6-10-22-28-23(3)11-8-7-9-12-24-13-15-25(16-14-24)26-17-19-27(20-18-26)29-21-5-2/h5,9,12-20,23H,2,4,6-8,10-11,21-22H2,1,3H3/b12-9+. The summed E-state index contributed by atoms with van der Waals surface area (Å²) in [6, 6.07) is 16.9. The van der Waals surface area contributed by atoms with Crippen LogP contribution in [0.5, 0.6) is 5.75 Å². The molecule has 2 rings (SSSR count). The minimum atomic E-state index is 0.369. The molecule has 2 nitrogen and oxygen atoms in total. The molecular weight excluding hydrogens is 356 g/mol. The van der Waals surface area contributed by atoms with Gasteiger partial charge >= 0.3 is 0 Å². The highest BCUT2D eigenvalue weighted by atomic mass is 16.5. The van der Waals surface area contributed by atoms with Crippen molar-refractivity contribution >= 4 is 6.08 Å². The molecule has 0 aliphatic carbocycles. The van der Waals surface area contributed by atoms with E-state index < -0.39 is 0 Å². The Morgan fingerprint density at radius 2 is 1.62 bits per heavy atom. The van der Waals surface area contributed by atoms with Crippen molar-refractivity contribution in [3.8, 4) is 16.9 Å². The Morgan fingerprint density at radius 3 is 2.28 bits per heavy atom. The zero-order valence-electron chi connectivity index (χ0n) is 18.1. The summed E-state index contributed by atoms with van der Waals surface area (Å²) < 4.78 is 11.4. The molecule has 0 bridgehead atoms. The highest BCUT2D eigenvalue weighted by molar-refractivity contribution is 5.66. The van der Waals surface area contributed by atoms with Crippen molar-refractivity contribution in [3.05, 3.63) is 72.8 Å². The predicted molar refractivity (Wildman–Crippen MR) is 125 cm³/mol. The summed E-state index contributed by atoms with van der Waals surface area (Å²) in [4.78, 5) is 0. The number of allylic oxidation sites excluding steroid dienone is 1. The maximum atomic E-state index is 5.85. The lowest BCUT2D eigenvalue weighted by Crippen LogP contribution is -2.08. The van der Waals surface area contributed by atoms with Crippen LogP contribution in [-0.2, 0) is 4.74 Å². The minimum Gasteiger partial charge on any atom is -0.490 e. The van der Waals surface area contributed by atoms with Crippen LogP contribution in [0.3, 0.4) is 0 Å². The number of unbranched alkanes of at least 4 members (excludes halogenated alkanes) is 3. The van der Waals surface area contributed by atoms with Crippen LogP contribution in [0.1, 0.15) is 57.9 Å². The summed E-state index contributed by atoms with van der Waals surface area (Å²) in [5, 5.41) is 0. The summed E-state index contributed by atoms with van der Waals surface area (Å²) >= 11 is 0. The average Bonchev–Trinajstić information content (AvgIpc) is 2.76. The number of rotatable bonds is 14. The third-order valence-electron chi connectivity index (χ3n) is 4.91. The normalized spacial score (nSPS) is 12.2. The smallest absolute Gasteiger partial charge is 0.119 e. The van der Waals surface area contributed by atoms with Gasteiger partial charge in [-0.1, -0.05) is 81.0 Å². The van der Waals surface area contributed by atoms with Gasteiger partial charge in [0.2, 0.25) is 0 Å². The van der Waals surface area contributed by atoms with Gasteiger partial charge in [-0.05, 0) is 61.4 Å². The van der Waals surface area contributed by atoms with E-state index in [0.717, 1.165) is 25.2 Å². The van der Waals surface area contributed by atoms with Crippen LogP contribution in [0, 0.1) is 0 Å². The molecule has 0 saturated carbocycles. The van der Waals surface area contributed by atoms with Crippen LogP contribution < -0.4 is 4.74 Å². The van der Waals surface area contributed by atoms with E-state index in [1.54, 1.807) is 6.08 Å². The Balaban J connectivity index is 1.72. The van der Waals surface area contributed by atoms with Gasteiger partial charge in [0.25, 0.3) is 0 Å². The summed E-state index contributed by atoms with van der Waals surface area (Å²) in [6.45, 7) is 9.52. The first-order valence-corrected chi connectivity index (χ1v) is 10.9. The maximum absolute atomic E-state index is 5.85. The Morgan fingerprint density at radius 1 is 0.931 bits per heavy atom. The van der Waals surface area contributed by atoms with Crippen molar-refractivity contribution < 1.29 is 9.47 Å². The molecule has 0 fully saturated rings. The first kappa shape index (κ1) is 23.0. The van der Waals surface area contributed by atoms with Crippen LogP contribution in [0.4, 0.5) is 0 Å². The average molecular weight is 393 g/mol. The van der Waals surface area contributed by atoms with E-state index in [1.165, 1.54) is 42.4 Å². The maximum Gasteiger partial charge on any atom is 0.119 e. The summed E-state index contributed by atoms with van der Waals surface area (Å²) in [5.74, 6) is 0.869. The second-order valence-electron chi connectivity index (χ2n) is 7.47. The number of ether oxygens (including phenoxy) is 2. The van der Waals surface area contributed by atoms with E-state index in [9.17, 15) is 0 Å². The molecule has 0 aliphatic heterocycles. The van der Waals surface area contributed by atoms with Gasteiger partial charge in [-0.2, -0.15) is 0 Å². The molecule has 1 atom stereocenters. The van der Waals surface area contributed by atoms with E-state index in [1.807, 2.05) is 12.1 Å². The van der Waals surface area contributed by atoms with E-state index in [0.29, 0.717) is 12.7 Å². The zero-order valence-corrected chi connectivity index (χ0v) is 18.1. The van der Waals surface area contributed by atoms with E-state index in [4.69, 9.17) is 9.47 Å². The summed E-state index contributed by atoms with van der Waals surface area (Å²) in [6.07, 6.45) is 13.7. The Labute approximate surface area is 177 Å². The summed E-state index contributed by atoms with van der Waals surface area (Å²) in [5.41, 5.74) is 3.65. The van der Waals surface area contributed by atoms with Gasteiger partial charge in [0.15, 0.2) is 0 Å². The molecule has 2 aromatic carbocycles. The van der Waals surface area contributed by atoms with E-state index in [-0.39, 0.29) is 0 Å². The van der Waals surface area contributed by atoms with Crippen molar-refractivity contribution in [1.82, 2.24) is 0 Å². The van der Waals surface area contributed by atoms with Crippen LogP contribution in [-0.4, -0.2) is 19.3 Å². The van der Waals surface area contributed by atoms with Gasteiger partial charge in [-0.15, -0.1) is 0 Å². The molecule has 0 aliphatic rings. The third-order valence-corrected chi connectivity index (χ3v) is 4.91. The van der Waals surface area contributed by atoms with Crippen molar-refractivity contribution in [3.63, 3.8) is 0 Å². The fourth-order valence-corrected chi connectivity index (χ4v) is 3.15. The summed E-state index contributed by atoms with van der Waals surface area (Å²) in [7, 11) is 0. The molecule has 29 heavy (non-hydrogen) atoms. The van der Waals surface area contributed by atoms with Crippen LogP contribution in [0.2, 0.25) is 0 Å². The largest absolute Gasteiger partial charge is 0.490 e. The highest BCUT2D eigenvalue weighted by Crippen LogP contribution is 2.23. The molecule has 2 heteroatoms. The van der Waals surface area contributed by atoms with E-state index in [2.05, 4.69) is 69.0 Å². The number of benzene rings is 2. The Hall–Kier alpha value is -2.32. The van der Waals surface area contributed by atoms with Crippen molar-refractivity contribution in [1.29, 1.82) is 0 Å². The lowest BCUT2D eigenvalue weighted by molar-refractivity contribution is 0.0566. The molecule has 2 aromatic rings. The van der Waals surface area contributed by atoms with Gasteiger partial charge in [-0.3, -0.25) is 0 Å². The molecule has 0 aromatic heterocycles. The fourth-order valence-electron chi connectivity index (χ4n) is 3.15. The van der Waals surface area contributed by atoms with Crippen molar-refractivity contribution in [2.24, 2.45) is 0 Å². The molecule has 0 amide bonds. The van der Waals surface area contributed by atoms with Crippen LogP contribution >= 0.6 is 0 Å². The molecule has 0 spiro atoms. The SMILES string of the molecule is C=CCOc1ccc(-c2ccc(/C=C/CCCC(C)OCCCCC)cc2)cc1. The minimum absolute atomic E-state index is 0.369. The number of hydrogen-bond acceptors (Lipinski definition) is 2. The van der Waals surface area contributed by atoms with Crippen LogP contribution in [0.25, 0.3) is 17.2 Å². The quantitative estimate of drug-likeness (QED) is 0.242. The van der Waals surface area contributed by atoms with Gasteiger partial charge < -0.3 is 9.47 Å². The van der Waals surface area contributed by atoms with Gasteiger partial charge in [0, 0.05) is 6.61 Å². The van der Waals surface area contributed by atoms with E-state index >= 15 is 0 Å². The van der Waals surface area contributed by atoms with Gasteiger partial charge in [0.05, 0.1) is 6.10 Å². The zero-order chi connectivity index (χ0) is 20.7. The van der Waals surface area contributed by atoms with Gasteiger partial charge in [0.1, 0.15) is 12.4 Å². The predicted octanol–water partition coefficient (Wildman–Crippen LogP) is 7.70. The van der Waals surface area contributed by atoms with Crippen molar-refractivity contribution in [2.45, 2.75) is 58.5 Å². The molecule has 0 N–H and O–H groups in total. The number of hydrogen-bond donors (Lipinski definition) is 0. The molecule has 1 unspecified atom stereocenters. The Kier molecular flexibility index (Phi) is 10.9. The third kappa shape index (κ3) is 9.15.